The molecular weight excluding hydrogens is 338 g/mol. The number of furan rings is 1. The average Bonchev–Trinajstić information content (AvgIpc) is 3.04. The van der Waals surface area contributed by atoms with Gasteiger partial charge in [0.15, 0.2) is 5.16 Å². The van der Waals surface area contributed by atoms with Gasteiger partial charge in [-0.2, -0.15) is 5.26 Å². The molecule has 0 fully saturated rings. The van der Waals surface area contributed by atoms with E-state index in [0.717, 1.165) is 22.7 Å². The molecule has 0 radical (unpaired) electrons. The molecule has 2 heterocycles. The fourth-order valence-electron chi connectivity index (χ4n) is 2.23. The molecule has 2 aromatic heterocycles. The molecule has 3 rings (SSSR count). The zero-order chi connectivity index (χ0) is 17.8. The topological polar surface area (TPSA) is 118 Å². The summed E-state index contributed by atoms with van der Waals surface area (Å²) in [5.74, 6) is 0.759. The number of hydrogen-bond acceptors (Lipinski definition) is 7. The van der Waals surface area contributed by atoms with Gasteiger partial charge in [0.1, 0.15) is 28.8 Å². The molecule has 0 bridgehead atoms. The smallest absolute Gasteiger partial charge is 0.231 e. The Hall–Kier alpha value is -3.05. The lowest BCUT2D eigenvalue weighted by molar-refractivity contribution is -0.119. The van der Waals surface area contributed by atoms with Gasteiger partial charge in [0, 0.05) is 5.39 Å². The van der Waals surface area contributed by atoms with Gasteiger partial charge in [-0.15, -0.1) is 0 Å². The first-order chi connectivity index (χ1) is 12.1. The Kier molecular flexibility index (Phi) is 4.86. The summed E-state index contributed by atoms with van der Waals surface area (Å²) >= 11 is 1.15. The van der Waals surface area contributed by atoms with Gasteiger partial charge in [-0.05, 0) is 19.1 Å². The number of carbonyl (C=O) groups is 1. The molecular formula is C17H15N5O2S. The number of nitrogens with zero attached hydrogens (tertiary/aromatic N) is 3. The Bertz CT molecular complexity index is 930. The summed E-state index contributed by atoms with van der Waals surface area (Å²) in [7, 11) is 0. The maximum Gasteiger partial charge on any atom is 0.231 e. The highest BCUT2D eigenvalue weighted by Crippen LogP contribution is 2.24. The van der Waals surface area contributed by atoms with Crippen LogP contribution in [0.25, 0.3) is 11.0 Å². The van der Waals surface area contributed by atoms with Gasteiger partial charge in [0.25, 0.3) is 0 Å². The third kappa shape index (κ3) is 3.89. The van der Waals surface area contributed by atoms with Crippen LogP contribution in [0.1, 0.15) is 24.3 Å². The second-order valence-electron chi connectivity index (χ2n) is 5.33. The third-order valence-electron chi connectivity index (χ3n) is 3.50. The lowest BCUT2D eigenvalue weighted by Crippen LogP contribution is -2.28. The van der Waals surface area contributed by atoms with Crippen molar-refractivity contribution in [2.75, 3.05) is 11.5 Å². The zero-order valence-corrected chi connectivity index (χ0v) is 14.2. The molecule has 7 nitrogen and oxygen atoms in total. The number of aromatic nitrogens is 2. The standard InChI is InChI=1S/C17H15N5O2S/c1-10(14-6-11-4-2-3-5-13(11)24-14)21-15(23)9-25-17-20-8-12(7-18)16(19)22-17/h2-6,8,10H,9H2,1H3,(H,21,23)(H2,19,20,22)/t10-/m1/s1. The minimum atomic E-state index is -0.257. The number of nitrogens with two attached hydrogens (primary N) is 1. The highest BCUT2D eigenvalue weighted by atomic mass is 32.2. The molecule has 25 heavy (non-hydrogen) atoms. The van der Waals surface area contributed by atoms with E-state index >= 15 is 0 Å². The number of fused-ring (bicyclic) bond motifs is 1. The molecule has 1 atom stereocenters. The van der Waals surface area contributed by atoms with Crippen LogP contribution in [0.3, 0.4) is 0 Å². The highest BCUT2D eigenvalue weighted by molar-refractivity contribution is 7.99. The van der Waals surface area contributed by atoms with Crippen molar-refractivity contribution in [3.8, 4) is 6.07 Å². The van der Waals surface area contributed by atoms with Crippen LogP contribution in [0.5, 0.6) is 0 Å². The van der Waals surface area contributed by atoms with E-state index in [1.165, 1.54) is 6.20 Å². The fraction of sp³-hybridized carbons (Fsp3) is 0.176. The van der Waals surface area contributed by atoms with Crippen molar-refractivity contribution in [1.29, 1.82) is 5.26 Å². The van der Waals surface area contributed by atoms with Gasteiger partial charge in [-0.25, -0.2) is 9.97 Å². The molecule has 126 valence electrons. The van der Waals surface area contributed by atoms with Crippen molar-refractivity contribution in [3.63, 3.8) is 0 Å². The number of para-hydroxylation sites is 1. The first kappa shape index (κ1) is 16.8. The number of nitriles is 1. The van der Waals surface area contributed by atoms with Crippen LogP contribution in [0.4, 0.5) is 5.82 Å². The Labute approximate surface area is 148 Å². The predicted octanol–water partition coefficient (Wildman–Crippen LogP) is 2.65. The third-order valence-corrected chi connectivity index (χ3v) is 4.36. The molecule has 0 aliphatic rings. The van der Waals surface area contributed by atoms with E-state index in [1.54, 1.807) is 0 Å². The summed E-state index contributed by atoms with van der Waals surface area (Å²) in [4.78, 5) is 20.1. The van der Waals surface area contributed by atoms with Crippen LogP contribution in [0, 0.1) is 11.3 Å². The van der Waals surface area contributed by atoms with Gasteiger partial charge >= 0.3 is 0 Å². The SMILES string of the molecule is C[C@@H](NC(=O)CSc1ncc(C#N)c(N)n1)c1cc2ccccc2o1. The van der Waals surface area contributed by atoms with Crippen molar-refractivity contribution < 1.29 is 9.21 Å². The molecule has 0 aliphatic heterocycles. The molecule has 3 N–H and O–H groups in total. The first-order valence-electron chi connectivity index (χ1n) is 7.50. The van der Waals surface area contributed by atoms with E-state index in [1.807, 2.05) is 43.3 Å². The number of nitrogen functional groups attached to an aromatic ring is 1. The number of anilines is 1. The number of nitrogens with one attached hydrogen (secondary N) is 1. The first-order valence-corrected chi connectivity index (χ1v) is 8.48. The second-order valence-corrected chi connectivity index (χ2v) is 6.27. The van der Waals surface area contributed by atoms with E-state index in [-0.39, 0.29) is 29.1 Å². The molecule has 0 saturated heterocycles. The molecule has 1 aromatic carbocycles. The van der Waals surface area contributed by atoms with Gasteiger partial charge < -0.3 is 15.5 Å². The van der Waals surface area contributed by atoms with Crippen LogP contribution in [0.2, 0.25) is 0 Å². The zero-order valence-electron chi connectivity index (χ0n) is 13.4. The van der Waals surface area contributed by atoms with Gasteiger partial charge in [0.2, 0.25) is 5.91 Å². The maximum absolute atomic E-state index is 12.1. The summed E-state index contributed by atoms with van der Waals surface area (Å²) in [6.07, 6.45) is 1.35. The van der Waals surface area contributed by atoms with Crippen molar-refractivity contribution in [2.24, 2.45) is 0 Å². The van der Waals surface area contributed by atoms with Crippen LogP contribution in [-0.2, 0) is 4.79 Å². The summed E-state index contributed by atoms with van der Waals surface area (Å²) in [6.45, 7) is 1.86. The predicted molar refractivity (Wildman–Crippen MR) is 94.7 cm³/mol. The Balaban J connectivity index is 1.58. The Morgan fingerprint density at radius 1 is 1.48 bits per heavy atom. The van der Waals surface area contributed by atoms with Crippen LogP contribution in [0.15, 0.2) is 46.1 Å². The number of thioether (sulfide) groups is 1. The minimum absolute atomic E-state index is 0.107. The summed E-state index contributed by atoms with van der Waals surface area (Å²) in [5.41, 5.74) is 6.63. The largest absolute Gasteiger partial charge is 0.459 e. The van der Waals surface area contributed by atoms with Crippen molar-refractivity contribution in [2.45, 2.75) is 18.1 Å². The number of hydrogen-bond donors (Lipinski definition) is 2. The summed E-state index contributed by atoms with van der Waals surface area (Å²) in [5, 5.41) is 13.0. The average molecular weight is 353 g/mol. The quantitative estimate of drug-likeness (QED) is 0.534. The summed E-state index contributed by atoms with van der Waals surface area (Å²) in [6, 6.07) is 11.2. The molecule has 0 saturated carbocycles. The second kappa shape index (κ2) is 7.23. The molecule has 0 spiro atoms. The number of rotatable bonds is 5. The molecule has 0 unspecified atom stereocenters. The Morgan fingerprint density at radius 2 is 2.28 bits per heavy atom. The maximum atomic E-state index is 12.1. The van der Waals surface area contributed by atoms with Gasteiger partial charge in [-0.3, -0.25) is 4.79 Å². The lowest BCUT2D eigenvalue weighted by atomic mass is 10.2. The van der Waals surface area contributed by atoms with E-state index < -0.39 is 0 Å². The lowest BCUT2D eigenvalue weighted by Gasteiger charge is -2.10. The van der Waals surface area contributed by atoms with Crippen molar-refractivity contribution >= 4 is 34.5 Å². The normalized spacial score (nSPS) is 11.8. The molecule has 3 aromatic rings. The molecule has 0 aliphatic carbocycles. The minimum Gasteiger partial charge on any atom is -0.459 e. The van der Waals surface area contributed by atoms with Gasteiger partial charge in [-0.1, -0.05) is 30.0 Å². The highest BCUT2D eigenvalue weighted by Gasteiger charge is 2.15. The number of benzene rings is 1. The molecule has 1 amide bonds. The fourth-order valence-corrected chi connectivity index (χ4v) is 2.87. The summed E-state index contributed by atoms with van der Waals surface area (Å²) < 4.78 is 5.74. The van der Waals surface area contributed by atoms with Crippen LogP contribution in [-0.4, -0.2) is 21.6 Å². The van der Waals surface area contributed by atoms with Crippen LogP contribution >= 0.6 is 11.8 Å². The number of carbonyl (C=O) groups excluding carboxylic acids is 1. The van der Waals surface area contributed by atoms with E-state index in [0.29, 0.717) is 10.9 Å². The van der Waals surface area contributed by atoms with E-state index in [4.69, 9.17) is 15.4 Å². The van der Waals surface area contributed by atoms with Gasteiger partial charge in [0.05, 0.1) is 18.0 Å². The van der Waals surface area contributed by atoms with Crippen LogP contribution < -0.4 is 11.1 Å². The van der Waals surface area contributed by atoms with E-state index in [9.17, 15) is 4.79 Å². The van der Waals surface area contributed by atoms with Crippen molar-refractivity contribution in [3.05, 3.63) is 47.9 Å². The molecule has 8 heteroatoms. The van der Waals surface area contributed by atoms with Crippen molar-refractivity contribution in [1.82, 2.24) is 15.3 Å². The van der Waals surface area contributed by atoms with E-state index in [2.05, 4.69) is 15.3 Å². The Morgan fingerprint density at radius 3 is 3.00 bits per heavy atom. The number of amides is 1. The monoisotopic (exact) mass is 353 g/mol.